The number of hydrogen-bond acceptors (Lipinski definition) is 4. The topological polar surface area (TPSA) is 75.7 Å². The number of amides is 1. The van der Waals surface area contributed by atoms with Gasteiger partial charge in [0.15, 0.2) is 0 Å². The Labute approximate surface area is 150 Å². The maximum atomic E-state index is 12.3. The van der Waals surface area contributed by atoms with E-state index in [0.29, 0.717) is 32.0 Å². The van der Waals surface area contributed by atoms with Crippen LogP contribution in [-0.2, 0) is 14.8 Å². The minimum Gasteiger partial charge on any atom is -0.491 e. The van der Waals surface area contributed by atoms with Crippen LogP contribution in [0.3, 0.4) is 0 Å². The van der Waals surface area contributed by atoms with Gasteiger partial charge >= 0.3 is 0 Å². The molecule has 0 bridgehead atoms. The molecule has 1 amide bonds. The zero-order valence-electron chi connectivity index (χ0n) is 15.2. The Morgan fingerprint density at radius 1 is 1.36 bits per heavy atom. The molecule has 1 fully saturated rings. The zero-order chi connectivity index (χ0) is 18.4. The number of carbonyl (C=O) groups is 1. The second-order valence-corrected chi connectivity index (χ2v) is 8.77. The van der Waals surface area contributed by atoms with Crippen LogP contribution in [0.15, 0.2) is 24.3 Å². The molecule has 7 heteroatoms. The highest BCUT2D eigenvalue weighted by molar-refractivity contribution is 7.88. The first-order valence-corrected chi connectivity index (χ1v) is 10.6. The second-order valence-electron chi connectivity index (χ2n) is 6.79. The lowest BCUT2D eigenvalue weighted by atomic mass is 9.99. The van der Waals surface area contributed by atoms with Crippen molar-refractivity contribution in [2.75, 3.05) is 32.5 Å². The highest BCUT2D eigenvalue weighted by Crippen LogP contribution is 2.25. The van der Waals surface area contributed by atoms with Crippen molar-refractivity contribution < 1.29 is 17.9 Å². The number of sulfonamides is 1. The number of ether oxygens (including phenoxy) is 1. The summed E-state index contributed by atoms with van der Waals surface area (Å²) in [7, 11) is -3.24. The van der Waals surface area contributed by atoms with Crippen LogP contribution in [0.2, 0.25) is 0 Å². The fourth-order valence-electron chi connectivity index (χ4n) is 3.03. The lowest BCUT2D eigenvalue weighted by molar-refractivity contribution is -0.126. The van der Waals surface area contributed by atoms with Gasteiger partial charge in [0.1, 0.15) is 12.4 Å². The van der Waals surface area contributed by atoms with E-state index in [1.807, 2.05) is 24.3 Å². The van der Waals surface area contributed by atoms with Crippen LogP contribution in [0, 0.1) is 5.92 Å². The Morgan fingerprint density at radius 2 is 2.08 bits per heavy atom. The van der Waals surface area contributed by atoms with E-state index in [-0.39, 0.29) is 18.4 Å². The molecule has 1 aromatic rings. The Morgan fingerprint density at radius 3 is 2.76 bits per heavy atom. The summed E-state index contributed by atoms with van der Waals surface area (Å²) in [5, 5.41) is 2.86. The lowest BCUT2D eigenvalue weighted by Crippen LogP contribution is -2.45. The molecule has 6 nitrogen and oxygen atoms in total. The molecule has 0 saturated carbocycles. The number of rotatable bonds is 7. The largest absolute Gasteiger partial charge is 0.491 e. The lowest BCUT2D eigenvalue weighted by Gasteiger charge is -2.30. The van der Waals surface area contributed by atoms with E-state index in [0.717, 1.165) is 17.7 Å². The number of hydrogen-bond donors (Lipinski definition) is 1. The molecule has 0 aromatic heterocycles. The molecule has 2 rings (SSSR count). The molecule has 1 aromatic carbocycles. The molecule has 1 N–H and O–H groups in total. The maximum Gasteiger partial charge on any atom is 0.224 e. The summed E-state index contributed by atoms with van der Waals surface area (Å²) in [5.41, 5.74) is 1.14. The van der Waals surface area contributed by atoms with Crippen LogP contribution >= 0.6 is 0 Å². The van der Waals surface area contributed by atoms with Gasteiger partial charge in [0.2, 0.25) is 15.9 Å². The van der Waals surface area contributed by atoms with Gasteiger partial charge in [-0.25, -0.2) is 12.7 Å². The van der Waals surface area contributed by atoms with Gasteiger partial charge in [-0.05, 0) is 30.4 Å². The molecule has 1 aliphatic heterocycles. The van der Waals surface area contributed by atoms with Gasteiger partial charge in [-0.2, -0.15) is 0 Å². The first-order chi connectivity index (χ1) is 11.8. The molecule has 0 spiro atoms. The quantitative estimate of drug-likeness (QED) is 0.747. The monoisotopic (exact) mass is 368 g/mol. The number of nitrogens with one attached hydrogen (secondary N) is 1. The van der Waals surface area contributed by atoms with Crippen LogP contribution < -0.4 is 10.1 Å². The standard InChI is InChI=1S/C18H28N2O4S/c1-14(2)16-8-4-5-9-17(16)24-12-10-19-18(21)15-7-6-11-20(13-15)25(3,22)23/h4-5,8-9,14-15H,6-7,10-13H2,1-3H3,(H,19,21)/t15-/m1/s1. The van der Waals surface area contributed by atoms with E-state index in [2.05, 4.69) is 19.2 Å². The minimum absolute atomic E-state index is 0.103. The van der Waals surface area contributed by atoms with Crippen LogP contribution in [0.25, 0.3) is 0 Å². The van der Waals surface area contributed by atoms with Crippen molar-refractivity contribution in [3.8, 4) is 5.75 Å². The predicted molar refractivity (Wildman–Crippen MR) is 98.2 cm³/mol. The zero-order valence-corrected chi connectivity index (χ0v) is 16.0. The minimum atomic E-state index is -3.24. The number of benzene rings is 1. The summed E-state index contributed by atoms with van der Waals surface area (Å²) in [5.74, 6) is 0.822. The van der Waals surface area contributed by atoms with Crippen LogP contribution in [0.1, 0.15) is 38.2 Å². The van der Waals surface area contributed by atoms with Crippen molar-refractivity contribution >= 4 is 15.9 Å². The van der Waals surface area contributed by atoms with E-state index < -0.39 is 10.0 Å². The van der Waals surface area contributed by atoms with Gasteiger partial charge in [-0.3, -0.25) is 4.79 Å². The third kappa shape index (κ3) is 5.71. The molecule has 0 radical (unpaired) electrons. The molecular weight excluding hydrogens is 340 g/mol. The molecule has 0 aliphatic carbocycles. The fraction of sp³-hybridized carbons (Fsp3) is 0.611. The van der Waals surface area contributed by atoms with Gasteiger partial charge in [0, 0.05) is 13.1 Å². The van der Waals surface area contributed by atoms with Gasteiger partial charge in [0.25, 0.3) is 0 Å². The third-order valence-electron chi connectivity index (χ3n) is 4.42. The third-order valence-corrected chi connectivity index (χ3v) is 5.69. The van der Waals surface area contributed by atoms with Crippen LogP contribution in [0.5, 0.6) is 5.75 Å². The molecular formula is C18H28N2O4S. The molecule has 1 aliphatic rings. The Hall–Kier alpha value is -1.60. The smallest absolute Gasteiger partial charge is 0.224 e. The summed E-state index contributed by atoms with van der Waals surface area (Å²) >= 11 is 0. The van der Waals surface area contributed by atoms with Gasteiger partial charge in [-0.1, -0.05) is 32.0 Å². The number of para-hydroxylation sites is 1. The van der Waals surface area contributed by atoms with Crippen molar-refractivity contribution in [3.63, 3.8) is 0 Å². The summed E-state index contributed by atoms with van der Waals surface area (Å²) < 4.78 is 30.4. The SMILES string of the molecule is CC(C)c1ccccc1OCCNC(=O)[C@@H]1CCCN(S(C)(=O)=O)C1. The van der Waals surface area contributed by atoms with Crippen molar-refractivity contribution in [3.05, 3.63) is 29.8 Å². The molecule has 1 heterocycles. The number of piperidine rings is 1. The molecule has 25 heavy (non-hydrogen) atoms. The van der Waals surface area contributed by atoms with E-state index >= 15 is 0 Å². The normalized spacial score (nSPS) is 19.0. The highest BCUT2D eigenvalue weighted by atomic mass is 32.2. The number of nitrogens with zero attached hydrogens (tertiary/aromatic N) is 1. The Bertz CT molecular complexity index is 688. The van der Waals surface area contributed by atoms with Crippen LogP contribution in [0.4, 0.5) is 0 Å². The van der Waals surface area contributed by atoms with Crippen molar-refractivity contribution in [1.82, 2.24) is 9.62 Å². The maximum absolute atomic E-state index is 12.3. The average Bonchev–Trinajstić information content (AvgIpc) is 2.58. The summed E-state index contributed by atoms with van der Waals surface area (Å²) in [6.07, 6.45) is 2.62. The van der Waals surface area contributed by atoms with E-state index in [1.54, 1.807) is 0 Å². The summed E-state index contributed by atoms with van der Waals surface area (Å²) in [4.78, 5) is 12.3. The fourth-order valence-corrected chi connectivity index (χ4v) is 3.94. The second kappa shape index (κ2) is 8.67. The molecule has 1 saturated heterocycles. The van der Waals surface area contributed by atoms with Crippen molar-refractivity contribution in [2.45, 2.75) is 32.6 Å². The van der Waals surface area contributed by atoms with Crippen LogP contribution in [-0.4, -0.2) is 51.1 Å². The first-order valence-electron chi connectivity index (χ1n) is 8.73. The summed E-state index contributed by atoms with van der Waals surface area (Å²) in [6.45, 7) is 5.78. The highest BCUT2D eigenvalue weighted by Gasteiger charge is 2.29. The van der Waals surface area contributed by atoms with E-state index in [9.17, 15) is 13.2 Å². The molecule has 140 valence electrons. The van der Waals surface area contributed by atoms with Crippen molar-refractivity contribution in [2.24, 2.45) is 5.92 Å². The van der Waals surface area contributed by atoms with E-state index in [1.165, 1.54) is 10.6 Å². The molecule has 0 unspecified atom stereocenters. The summed E-state index contributed by atoms with van der Waals surface area (Å²) in [6, 6.07) is 7.89. The Balaban J connectivity index is 1.79. The van der Waals surface area contributed by atoms with Gasteiger partial charge < -0.3 is 10.1 Å². The van der Waals surface area contributed by atoms with Gasteiger partial charge in [-0.15, -0.1) is 0 Å². The predicted octanol–water partition coefficient (Wildman–Crippen LogP) is 1.98. The molecule has 1 atom stereocenters. The average molecular weight is 368 g/mol. The van der Waals surface area contributed by atoms with Crippen molar-refractivity contribution in [1.29, 1.82) is 0 Å². The van der Waals surface area contributed by atoms with E-state index in [4.69, 9.17) is 4.74 Å². The number of carbonyl (C=O) groups excluding carboxylic acids is 1. The first kappa shape index (κ1) is 19.7. The van der Waals surface area contributed by atoms with Gasteiger partial charge in [0.05, 0.1) is 18.7 Å². The Kier molecular flexibility index (Phi) is 6.84.